The van der Waals surface area contributed by atoms with Crippen LogP contribution in [0.5, 0.6) is 5.75 Å². The summed E-state index contributed by atoms with van der Waals surface area (Å²) in [6.07, 6.45) is 4.04. The van der Waals surface area contributed by atoms with E-state index in [1.165, 1.54) is 0 Å². The molecule has 0 aliphatic carbocycles. The van der Waals surface area contributed by atoms with Crippen molar-refractivity contribution in [2.45, 2.75) is 39.2 Å². The quantitative estimate of drug-likeness (QED) is 0.282. The maximum Gasteiger partial charge on any atom is 0.341 e. The van der Waals surface area contributed by atoms with E-state index in [-0.39, 0.29) is 0 Å². The number of nitrogens with two attached hydrogens (primary N) is 1. The summed E-state index contributed by atoms with van der Waals surface area (Å²) in [6.45, 7) is 2.14. The fraction of sp³-hybridized carbons (Fsp3) is 0.259. The first-order valence-electron chi connectivity index (χ1n) is 11.4. The van der Waals surface area contributed by atoms with E-state index in [2.05, 4.69) is 17.6 Å². The summed E-state index contributed by atoms with van der Waals surface area (Å²) in [5.74, 6) is -1.19. The molecule has 0 radical (unpaired) electrons. The predicted octanol–water partition coefficient (Wildman–Crippen LogP) is 5.79. The van der Waals surface area contributed by atoms with Gasteiger partial charge in [0.05, 0.1) is 16.4 Å². The largest absolute Gasteiger partial charge is 0.481 e. The topological polar surface area (TPSA) is 94.6 Å². The third-order valence-electron chi connectivity index (χ3n) is 5.99. The van der Waals surface area contributed by atoms with Crippen LogP contribution in [0.4, 0.5) is 0 Å². The lowest BCUT2D eigenvalue weighted by Crippen LogP contribution is -2.12. The molecular weight excluding hydrogens is 452 g/mol. The van der Waals surface area contributed by atoms with Gasteiger partial charge in [0, 0.05) is 22.5 Å². The van der Waals surface area contributed by atoms with Crippen LogP contribution in [0.15, 0.2) is 54.6 Å². The molecular formula is C27H27ClN2O4. The van der Waals surface area contributed by atoms with E-state index < -0.39 is 18.5 Å². The van der Waals surface area contributed by atoms with E-state index >= 15 is 0 Å². The first-order valence-corrected chi connectivity index (χ1v) is 11.7. The Kier molecular flexibility index (Phi) is 7.08. The summed E-state index contributed by atoms with van der Waals surface area (Å²) in [6, 6.07) is 17.0. The molecule has 0 fully saturated rings. The minimum atomic E-state index is -1.07. The van der Waals surface area contributed by atoms with Crippen LogP contribution in [0.2, 0.25) is 5.02 Å². The number of aryl methyl sites for hydroxylation is 1. The number of carboxylic acids is 1. The molecule has 1 amide bonds. The van der Waals surface area contributed by atoms with Crippen molar-refractivity contribution in [2.75, 3.05) is 6.61 Å². The van der Waals surface area contributed by atoms with Gasteiger partial charge in [0.15, 0.2) is 6.61 Å². The maximum absolute atomic E-state index is 12.4. The highest BCUT2D eigenvalue weighted by Gasteiger charge is 2.21. The molecule has 3 aromatic carbocycles. The minimum absolute atomic E-state index is 0.360. The van der Waals surface area contributed by atoms with Gasteiger partial charge in [0.25, 0.3) is 0 Å². The first kappa shape index (κ1) is 23.6. The normalized spacial score (nSPS) is 11.2. The van der Waals surface area contributed by atoms with Crippen LogP contribution in [0.25, 0.3) is 21.8 Å². The van der Waals surface area contributed by atoms with Crippen LogP contribution in [0.3, 0.4) is 0 Å². The fourth-order valence-electron chi connectivity index (χ4n) is 4.43. The van der Waals surface area contributed by atoms with E-state index in [0.29, 0.717) is 33.7 Å². The molecule has 1 heterocycles. The zero-order chi connectivity index (χ0) is 24.2. The number of ether oxygens (including phenoxy) is 1. The number of carbonyl (C=O) groups is 2. The summed E-state index contributed by atoms with van der Waals surface area (Å²) >= 11 is 6.48. The van der Waals surface area contributed by atoms with Crippen molar-refractivity contribution in [3.63, 3.8) is 0 Å². The highest BCUT2D eigenvalue weighted by molar-refractivity contribution is 6.31. The molecule has 0 spiro atoms. The molecule has 0 atom stereocenters. The molecule has 1 aromatic heterocycles. The van der Waals surface area contributed by atoms with Gasteiger partial charge in [-0.3, -0.25) is 4.79 Å². The number of carbonyl (C=O) groups excluding carboxylic acids is 1. The zero-order valence-corrected chi connectivity index (χ0v) is 19.8. The standard InChI is InChI=1S/C27H27ClN2O4/c1-2-3-4-8-17-13-22-26(23(14-17)34-16-24(31)32)25-19(27(29)33)10-7-12-21(25)30(22)15-18-9-5-6-11-20(18)28/h5-7,9-14H,2-4,8,15-16H2,1H3,(H2,29,33)(H,31,32). The van der Waals surface area contributed by atoms with Crippen molar-refractivity contribution in [3.05, 3.63) is 76.3 Å². The smallest absolute Gasteiger partial charge is 0.341 e. The molecule has 3 N–H and O–H groups in total. The predicted molar refractivity (Wildman–Crippen MR) is 135 cm³/mol. The Labute approximate surface area is 202 Å². The van der Waals surface area contributed by atoms with E-state index in [1.54, 1.807) is 12.1 Å². The van der Waals surface area contributed by atoms with Crippen molar-refractivity contribution in [1.29, 1.82) is 0 Å². The van der Waals surface area contributed by atoms with Gasteiger partial charge in [-0.1, -0.05) is 55.6 Å². The number of nitrogens with zero attached hydrogens (tertiary/aromatic N) is 1. The maximum atomic E-state index is 12.4. The lowest BCUT2D eigenvalue weighted by atomic mass is 10.0. The molecule has 6 nitrogen and oxygen atoms in total. The van der Waals surface area contributed by atoms with E-state index in [9.17, 15) is 14.7 Å². The Morgan fingerprint density at radius 1 is 1.03 bits per heavy atom. The van der Waals surface area contributed by atoms with Crippen molar-refractivity contribution < 1.29 is 19.4 Å². The van der Waals surface area contributed by atoms with Gasteiger partial charge in [0.1, 0.15) is 5.75 Å². The number of fused-ring (bicyclic) bond motifs is 3. The SMILES string of the molecule is CCCCCc1cc(OCC(=O)O)c2c3c(C(N)=O)cccc3n(Cc3ccccc3Cl)c2c1. The first-order chi connectivity index (χ1) is 16.4. The second-order valence-electron chi connectivity index (χ2n) is 8.37. The second kappa shape index (κ2) is 10.2. The number of amides is 1. The van der Waals surface area contributed by atoms with Crippen LogP contribution in [-0.4, -0.2) is 28.2 Å². The molecule has 4 aromatic rings. The van der Waals surface area contributed by atoms with Gasteiger partial charge in [-0.05, 0) is 54.3 Å². The number of halogens is 1. The Bertz CT molecular complexity index is 1380. The molecule has 0 aliphatic rings. The van der Waals surface area contributed by atoms with Gasteiger partial charge < -0.3 is 20.1 Å². The highest BCUT2D eigenvalue weighted by Crippen LogP contribution is 2.39. The van der Waals surface area contributed by atoms with Crippen LogP contribution < -0.4 is 10.5 Å². The molecule has 176 valence electrons. The van der Waals surface area contributed by atoms with E-state index in [4.69, 9.17) is 22.1 Å². The van der Waals surface area contributed by atoms with Crippen LogP contribution in [0, 0.1) is 0 Å². The summed E-state index contributed by atoms with van der Waals surface area (Å²) in [7, 11) is 0. The van der Waals surface area contributed by atoms with Crippen LogP contribution in [-0.2, 0) is 17.8 Å². The summed E-state index contributed by atoms with van der Waals surface area (Å²) in [4.78, 5) is 23.7. The summed E-state index contributed by atoms with van der Waals surface area (Å²) < 4.78 is 7.86. The van der Waals surface area contributed by atoms with Crippen LogP contribution in [0.1, 0.15) is 47.7 Å². The Hall–Kier alpha value is -3.51. The van der Waals surface area contributed by atoms with E-state index in [0.717, 1.165) is 47.8 Å². The van der Waals surface area contributed by atoms with Gasteiger partial charge in [-0.25, -0.2) is 4.79 Å². The summed E-state index contributed by atoms with van der Waals surface area (Å²) in [5, 5.41) is 11.2. The molecule has 7 heteroatoms. The Morgan fingerprint density at radius 2 is 1.82 bits per heavy atom. The third-order valence-corrected chi connectivity index (χ3v) is 6.36. The molecule has 0 unspecified atom stereocenters. The molecule has 4 rings (SSSR count). The molecule has 0 saturated heterocycles. The van der Waals surface area contributed by atoms with E-state index in [1.807, 2.05) is 36.4 Å². The molecule has 34 heavy (non-hydrogen) atoms. The minimum Gasteiger partial charge on any atom is -0.481 e. The highest BCUT2D eigenvalue weighted by atomic mass is 35.5. The number of aromatic nitrogens is 1. The lowest BCUT2D eigenvalue weighted by molar-refractivity contribution is -0.139. The third kappa shape index (κ3) is 4.73. The number of aliphatic carboxylic acids is 1. The average Bonchev–Trinajstić information content (AvgIpc) is 3.12. The number of hydrogen-bond donors (Lipinski definition) is 2. The van der Waals surface area contributed by atoms with Gasteiger partial charge in [0.2, 0.25) is 5.91 Å². The number of hydrogen-bond acceptors (Lipinski definition) is 3. The Balaban J connectivity index is 2.02. The number of primary amides is 1. The number of carboxylic acid groups (broad SMARTS) is 1. The van der Waals surface area contributed by atoms with Crippen molar-refractivity contribution in [2.24, 2.45) is 5.73 Å². The van der Waals surface area contributed by atoms with Gasteiger partial charge >= 0.3 is 5.97 Å². The zero-order valence-electron chi connectivity index (χ0n) is 19.0. The second-order valence-corrected chi connectivity index (χ2v) is 8.78. The molecule has 0 aliphatic heterocycles. The molecule has 0 bridgehead atoms. The van der Waals surface area contributed by atoms with Crippen LogP contribution >= 0.6 is 11.6 Å². The molecule has 0 saturated carbocycles. The number of rotatable bonds is 10. The number of benzene rings is 3. The average molecular weight is 479 g/mol. The monoisotopic (exact) mass is 478 g/mol. The van der Waals surface area contributed by atoms with Crippen molar-refractivity contribution in [1.82, 2.24) is 4.57 Å². The van der Waals surface area contributed by atoms with Crippen molar-refractivity contribution >= 4 is 45.3 Å². The van der Waals surface area contributed by atoms with Gasteiger partial charge in [-0.2, -0.15) is 0 Å². The lowest BCUT2D eigenvalue weighted by Gasteiger charge is -2.12. The fourth-order valence-corrected chi connectivity index (χ4v) is 4.62. The number of unbranched alkanes of at least 4 members (excludes halogenated alkanes) is 2. The van der Waals surface area contributed by atoms with Gasteiger partial charge in [-0.15, -0.1) is 0 Å². The summed E-state index contributed by atoms with van der Waals surface area (Å²) in [5.41, 5.74) is 9.72. The Morgan fingerprint density at radius 3 is 2.53 bits per heavy atom. The van der Waals surface area contributed by atoms with Crippen molar-refractivity contribution in [3.8, 4) is 5.75 Å².